The smallest absolute Gasteiger partial charge is 0.165 e. The first-order valence-electron chi connectivity index (χ1n) is 27.1. The predicted molar refractivity (Wildman–Crippen MR) is 328 cm³/mol. The van der Waals surface area contributed by atoms with E-state index in [-0.39, 0.29) is 0 Å². The van der Waals surface area contributed by atoms with Gasteiger partial charge in [0.1, 0.15) is 11.4 Å². The summed E-state index contributed by atoms with van der Waals surface area (Å²) in [5, 5.41) is 8.23. The Morgan fingerprint density at radius 1 is 0.232 bits per heavy atom. The lowest BCUT2D eigenvalue weighted by Crippen LogP contribution is -2.16. The fourth-order valence-electron chi connectivity index (χ4n) is 12.5. The number of benzene rings is 7. The molecule has 0 saturated heterocycles. The number of aromatic nitrogens is 12. The topological polar surface area (TPSA) is 123 Å². The van der Waals surface area contributed by atoms with Gasteiger partial charge in [-0.25, -0.2) is 19.9 Å². The molecule has 0 aliphatic rings. The minimum Gasteiger partial charge on any atom is -0.305 e. The molecule has 82 heavy (non-hydrogen) atoms. The van der Waals surface area contributed by atoms with E-state index in [1.807, 2.05) is 110 Å². The van der Waals surface area contributed by atoms with Crippen molar-refractivity contribution >= 4 is 87.2 Å². The van der Waals surface area contributed by atoms with Gasteiger partial charge in [0.05, 0.1) is 44.1 Å². The van der Waals surface area contributed by atoms with E-state index in [0.717, 1.165) is 126 Å². The average molecular weight is 1050 g/mol. The Hall–Kier alpha value is -11.5. The van der Waals surface area contributed by atoms with E-state index >= 15 is 0 Å². The van der Waals surface area contributed by atoms with E-state index in [0.29, 0.717) is 29.1 Å². The Labute approximate surface area is 467 Å². The number of nitrogens with zero attached hydrogens (tertiary/aromatic N) is 12. The minimum atomic E-state index is 0.530. The lowest BCUT2D eigenvalue weighted by Gasteiger charge is -2.27. The number of pyridine rings is 5. The summed E-state index contributed by atoms with van der Waals surface area (Å²) in [6.07, 6.45) is 15.4. The van der Waals surface area contributed by atoms with Crippen LogP contribution in [0.5, 0.6) is 0 Å². The van der Waals surface area contributed by atoms with E-state index in [2.05, 4.69) is 164 Å². The number of hydrogen-bond donors (Lipinski definition) is 0. The van der Waals surface area contributed by atoms with Gasteiger partial charge in [-0.2, -0.15) is 0 Å². The summed E-state index contributed by atoms with van der Waals surface area (Å²) in [4.78, 5) is 41.1. The fourth-order valence-corrected chi connectivity index (χ4v) is 12.5. The lowest BCUT2D eigenvalue weighted by atomic mass is 9.98. The second-order valence-corrected chi connectivity index (χ2v) is 20.4. The first kappa shape index (κ1) is 45.5. The first-order valence-corrected chi connectivity index (χ1v) is 27.1. The minimum absolute atomic E-state index is 0.530. The summed E-state index contributed by atoms with van der Waals surface area (Å²) in [6, 6.07) is 71.7. The third kappa shape index (κ3) is 6.78. The number of hydrogen-bond acceptors (Lipinski definition) is 8. The van der Waals surface area contributed by atoms with Crippen LogP contribution in [0.1, 0.15) is 0 Å². The molecule has 0 fully saturated rings. The molecule has 0 bridgehead atoms. The van der Waals surface area contributed by atoms with Gasteiger partial charge in [-0.1, -0.05) is 152 Å². The molecule has 12 heteroatoms. The van der Waals surface area contributed by atoms with Crippen LogP contribution in [0.25, 0.3) is 156 Å². The first-order chi connectivity index (χ1) is 40.7. The highest BCUT2D eigenvalue weighted by Gasteiger charge is 2.33. The maximum Gasteiger partial charge on any atom is 0.165 e. The normalized spacial score (nSPS) is 11.9. The zero-order chi connectivity index (χ0) is 53.8. The van der Waals surface area contributed by atoms with Crippen LogP contribution in [0.2, 0.25) is 0 Å². The van der Waals surface area contributed by atoms with Gasteiger partial charge in [0.15, 0.2) is 29.1 Å². The lowest BCUT2D eigenvalue weighted by molar-refractivity contribution is 0.960. The Balaban J connectivity index is 1.13. The average Bonchev–Trinajstić information content (AvgIpc) is 4.09. The SMILES string of the molecule is c1ccc(-c2nc(-c3ccccc3)nc(-c3cccc(-c4c(-n5c6ccccc6c6cnccc65)c(-n5c6ccccc6c6cnccc65)nc(-n5c6ccccc6c6cnccc65)c4-n4c5ccccc5c5cnccc54)c3)n2)cc1. The predicted octanol–water partition coefficient (Wildman–Crippen LogP) is 15.9. The second kappa shape index (κ2) is 18.0. The van der Waals surface area contributed by atoms with Crippen molar-refractivity contribution in [1.29, 1.82) is 0 Å². The Bertz CT molecular complexity index is 4900. The molecule has 17 rings (SSSR count). The number of para-hydroxylation sites is 4. The zero-order valence-electron chi connectivity index (χ0n) is 43.6. The van der Waals surface area contributed by atoms with E-state index in [1.54, 1.807) is 0 Å². The molecule has 17 aromatic rings. The maximum absolute atomic E-state index is 6.33. The molecule has 0 radical (unpaired) electrons. The largest absolute Gasteiger partial charge is 0.305 e. The summed E-state index contributed by atoms with van der Waals surface area (Å²) in [6.45, 7) is 0. The molecule has 0 atom stereocenters. The highest BCUT2D eigenvalue weighted by molar-refractivity contribution is 6.15. The second-order valence-electron chi connectivity index (χ2n) is 20.4. The van der Waals surface area contributed by atoms with Crippen molar-refractivity contribution in [2.24, 2.45) is 0 Å². The summed E-state index contributed by atoms with van der Waals surface area (Å²) < 4.78 is 9.47. The van der Waals surface area contributed by atoms with Crippen LogP contribution >= 0.6 is 0 Å². The maximum atomic E-state index is 6.33. The highest BCUT2D eigenvalue weighted by atomic mass is 15.2. The van der Waals surface area contributed by atoms with E-state index < -0.39 is 0 Å². The Kier molecular flexibility index (Phi) is 10.0. The van der Waals surface area contributed by atoms with Crippen LogP contribution in [-0.2, 0) is 0 Å². The molecule has 0 aliphatic carbocycles. The van der Waals surface area contributed by atoms with Crippen molar-refractivity contribution in [3.05, 3.63) is 256 Å². The molecule has 0 unspecified atom stereocenters. The molecule has 0 amide bonds. The zero-order valence-corrected chi connectivity index (χ0v) is 43.6. The van der Waals surface area contributed by atoms with E-state index in [9.17, 15) is 0 Å². The third-order valence-corrected chi connectivity index (χ3v) is 16.0. The molecule has 10 heterocycles. The Morgan fingerprint density at radius 2 is 0.537 bits per heavy atom. The number of fused-ring (bicyclic) bond motifs is 12. The van der Waals surface area contributed by atoms with E-state index in [1.165, 1.54) is 0 Å². The van der Waals surface area contributed by atoms with Gasteiger partial charge >= 0.3 is 0 Å². The summed E-state index contributed by atoms with van der Waals surface area (Å²) in [7, 11) is 0. The number of rotatable bonds is 8. The third-order valence-electron chi connectivity index (χ3n) is 16.0. The monoisotopic (exact) mass is 1050 g/mol. The molecule has 382 valence electrons. The molecule has 10 aromatic heterocycles. The van der Waals surface area contributed by atoms with Crippen LogP contribution in [0.4, 0.5) is 0 Å². The van der Waals surface area contributed by atoms with Crippen molar-refractivity contribution in [3.63, 3.8) is 0 Å². The molecule has 0 saturated carbocycles. The van der Waals surface area contributed by atoms with Gasteiger partial charge in [0.2, 0.25) is 0 Å². The van der Waals surface area contributed by atoms with Gasteiger partial charge < -0.3 is 9.13 Å². The van der Waals surface area contributed by atoms with Gasteiger partial charge in [0, 0.05) is 115 Å². The standard InChI is InChI=1S/C70H42N12/c1-3-16-43(17-4-1)66-75-67(44-18-5-2-6-19-44)77-68(76-66)46-21-15-20-45(38-46)63-64(79-55-26-11-7-22-47(55)51-39-71-34-30-59(51)79)69(81-57-28-13-9-24-49(57)53-41-73-36-32-61(53)81)78-70(82-58-29-14-10-25-50(58)54-42-74-37-33-62(54)82)65(63)80-56-27-12-8-23-48(56)52-40-72-35-31-60(52)80/h1-42H. The molecule has 0 aliphatic heterocycles. The summed E-state index contributed by atoms with van der Waals surface area (Å²) >= 11 is 0. The summed E-state index contributed by atoms with van der Waals surface area (Å²) in [5.74, 6) is 3.06. The molecule has 12 nitrogen and oxygen atoms in total. The molecular weight excluding hydrogens is 1010 g/mol. The van der Waals surface area contributed by atoms with Gasteiger partial charge in [-0.15, -0.1) is 0 Å². The Morgan fingerprint density at radius 3 is 0.939 bits per heavy atom. The van der Waals surface area contributed by atoms with Crippen molar-refractivity contribution < 1.29 is 0 Å². The van der Waals surface area contributed by atoms with Crippen molar-refractivity contribution in [1.82, 2.24) is 58.1 Å². The summed E-state index contributed by atoms with van der Waals surface area (Å²) in [5.41, 5.74) is 13.8. The highest BCUT2D eigenvalue weighted by Crippen LogP contribution is 2.49. The molecule has 0 N–H and O–H groups in total. The van der Waals surface area contributed by atoms with Crippen molar-refractivity contribution in [2.45, 2.75) is 0 Å². The molecular formula is C70H42N12. The van der Waals surface area contributed by atoms with Gasteiger partial charge in [-0.05, 0) is 60.2 Å². The van der Waals surface area contributed by atoms with Crippen LogP contribution < -0.4 is 0 Å². The van der Waals surface area contributed by atoms with Crippen molar-refractivity contribution in [3.8, 4) is 68.3 Å². The molecule has 7 aromatic carbocycles. The van der Waals surface area contributed by atoms with Gasteiger partial charge in [-0.3, -0.25) is 29.1 Å². The van der Waals surface area contributed by atoms with Gasteiger partial charge in [0.25, 0.3) is 0 Å². The fraction of sp³-hybridized carbons (Fsp3) is 0. The van der Waals surface area contributed by atoms with Crippen LogP contribution in [0, 0.1) is 0 Å². The van der Waals surface area contributed by atoms with E-state index in [4.69, 9.17) is 39.9 Å². The van der Waals surface area contributed by atoms with Crippen LogP contribution in [0.3, 0.4) is 0 Å². The van der Waals surface area contributed by atoms with Crippen molar-refractivity contribution in [2.75, 3.05) is 0 Å². The quantitative estimate of drug-likeness (QED) is 0.147. The van der Waals surface area contributed by atoms with Crippen LogP contribution in [0.15, 0.2) is 256 Å². The molecule has 0 spiro atoms. The van der Waals surface area contributed by atoms with Crippen LogP contribution in [-0.4, -0.2) is 58.1 Å².